The van der Waals surface area contributed by atoms with Gasteiger partial charge in [0.1, 0.15) is 12.4 Å². The van der Waals surface area contributed by atoms with Crippen LogP contribution in [-0.2, 0) is 0 Å². The minimum Gasteiger partial charge on any atom is -0.270 e. The molecular weight excluding hydrogens is 236 g/mol. The fourth-order valence-corrected chi connectivity index (χ4v) is 2.11. The third kappa shape index (κ3) is 1.68. The summed E-state index contributed by atoms with van der Waals surface area (Å²) in [6.07, 6.45) is 2.61. The summed E-state index contributed by atoms with van der Waals surface area (Å²) in [6, 6.07) is 8.85. The summed E-state index contributed by atoms with van der Waals surface area (Å²) in [6.45, 7) is 0.342. The second kappa shape index (κ2) is 4.25. The molecule has 1 aromatic heterocycles. The fourth-order valence-electron chi connectivity index (χ4n) is 2.11. The van der Waals surface area contributed by atoms with Crippen molar-refractivity contribution in [2.45, 2.75) is 6.43 Å². The molecule has 0 unspecified atom stereocenters. The van der Waals surface area contributed by atoms with Crippen LogP contribution in [0, 0.1) is 0 Å². The standard InChI is InChI=1S/C13H11F2N3/c14-13(15)12-8-10-4-1-2-5-11(10)18(12)17-7-3-6-16-9-17/h1-8,13H,9H2. The molecule has 0 N–H and O–H groups in total. The number of rotatable bonds is 2. The quantitative estimate of drug-likeness (QED) is 0.798. The first-order valence-corrected chi connectivity index (χ1v) is 5.59. The van der Waals surface area contributed by atoms with Crippen LogP contribution in [0.4, 0.5) is 8.78 Å². The van der Waals surface area contributed by atoms with Crippen molar-refractivity contribution in [3.8, 4) is 0 Å². The van der Waals surface area contributed by atoms with E-state index in [0.717, 1.165) is 10.9 Å². The van der Waals surface area contributed by atoms with Crippen molar-refractivity contribution in [3.05, 3.63) is 48.3 Å². The van der Waals surface area contributed by atoms with E-state index in [1.807, 2.05) is 24.3 Å². The Morgan fingerprint density at radius 2 is 2.06 bits per heavy atom. The van der Waals surface area contributed by atoms with E-state index in [-0.39, 0.29) is 5.69 Å². The van der Waals surface area contributed by atoms with E-state index in [0.29, 0.717) is 6.67 Å². The molecule has 92 valence electrons. The summed E-state index contributed by atoms with van der Waals surface area (Å²) < 4.78 is 27.7. The van der Waals surface area contributed by atoms with E-state index in [2.05, 4.69) is 4.99 Å². The van der Waals surface area contributed by atoms with Gasteiger partial charge in [0.15, 0.2) is 0 Å². The highest BCUT2D eigenvalue weighted by molar-refractivity contribution is 5.82. The monoisotopic (exact) mass is 247 g/mol. The molecule has 1 aliphatic rings. The Balaban J connectivity index is 2.21. The Labute approximate surface area is 103 Å². The first kappa shape index (κ1) is 11.0. The van der Waals surface area contributed by atoms with Crippen LogP contribution in [0.5, 0.6) is 0 Å². The fraction of sp³-hybridized carbons (Fsp3) is 0.154. The molecule has 0 aliphatic carbocycles. The summed E-state index contributed by atoms with van der Waals surface area (Å²) in [5.41, 5.74) is 0.743. The molecule has 0 fully saturated rings. The highest BCUT2D eigenvalue weighted by atomic mass is 19.3. The molecule has 1 aromatic carbocycles. The van der Waals surface area contributed by atoms with E-state index < -0.39 is 6.43 Å². The topological polar surface area (TPSA) is 20.5 Å². The molecule has 0 saturated carbocycles. The van der Waals surface area contributed by atoms with Gasteiger partial charge in [-0.3, -0.25) is 14.7 Å². The van der Waals surface area contributed by atoms with E-state index in [1.54, 1.807) is 23.5 Å². The number of hydrogen-bond acceptors (Lipinski definition) is 2. The van der Waals surface area contributed by atoms with Crippen LogP contribution in [0.1, 0.15) is 12.1 Å². The van der Waals surface area contributed by atoms with Gasteiger partial charge in [0.25, 0.3) is 6.43 Å². The Morgan fingerprint density at radius 1 is 1.22 bits per heavy atom. The van der Waals surface area contributed by atoms with Gasteiger partial charge in [-0.25, -0.2) is 8.78 Å². The van der Waals surface area contributed by atoms with Gasteiger partial charge in [-0.05, 0) is 18.2 Å². The molecule has 0 atom stereocenters. The number of halogens is 2. The maximum atomic E-state index is 13.1. The van der Waals surface area contributed by atoms with Crippen molar-refractivity contribution in [2.24, 2.45) is 4.99 Å². The number of allylic oxidation sites excluding steroid dienone is 1. The van der Waals surface area contributed by atoms with Crippen molar-refractivity contribution in [3.63, 3.8) is 0 Å². The highest BCUT2D eigenvalue weighted by Gasteiger charge is 2.20. The molecule has 0 amide bonds. The largest absolute Gasteiger partial charge is 0.280 e. The van der Waals surface area contributed by atoms with Crippen LogP contribution in [0.15, 0.2) is 47.6 Å². The third-order valence-corrected chi connectivity index (χ3v) is 2.87. The van der Waals surface area contributed by atoms with Crippen molar-refractivity contribution >= 4 is 17.1 Å². The summed E-state index contributed by atoms with van der Waals surface area (Å²) in [4.78, 5) is 4.07. The summed E-state index contributed by atoms with van der Waals surface area (Å²) >= 11 is 0. The molecule has 0 bridgehead atoms. The lowest BCUT2D eigenvalue weighted by atomic mass is 10.2. The van der Waals surface area contributed by atoms with E-state index >= 15 is 0 Å². The molecule has 3 nitrogen and oxygen atoms in total. The molecule has 5 heteroatoms. The van der Waals surface area contributed by atoms with Gasteiger partial charge in [0.2, 0.25) is 0 Å². The predicted molar refractivity (Wildman–Crippen MR) is 67.6 cm³/mol. The van der Waals surface area contributed by atoms with Gasteiger partial charge in [0, 0.05) is 17.8 Å². The number of benzene rings is 1. The summed E-state index contributed by atoms with van der Waals surface area (Å²) in [5, 5.41) is 2.47. The maximum absolute atomic E-state index is 13.1. The molecule has 2 heterocycles. The second-order valence-electron chi connectivity index (χ2n) is 3.99. The minimum atomic E-state index is -2.52. The second-order valence-corrected chi connectivity index (χ2v) is 3.99. The number of fused-ring (bicyclic) bond motifs is 1. The van der Waals surface area contributed by atoms with Crippen LogP contribution in [0.25, 0.3) is 10.9 Å². The molecular formula is C13H11F2N3. The zero-order valence-corrected chi connectivity index (χ0v) is 9.50. The van der Waals surface area contributed by atoms with Gasteiger partial charge in [0.05, 0.1) is 5.52 Å². The summed E-state index contributed by atoms with van der Waals surface area (Å²) in [5.74, 6) is 0. The Bertz CT molecular complexity index is 628. The lowest BCUT2D eigenvalue weighted by molar-refractivity contribution is 0.141. The zero-order chi connectivity index (χ0) is 12.5. The minimum absolute atomic E-state index is 0.0158. The van der Waals surface area contributed by atoms with Crippen molar-refractivity contribution in [2.75, 3.05) is 11.7 Å². The number of alkyl halides is 2. The van der Waals surface area contributed by atoms with Crippen LogP contribution in [0.2, 0.25) is 0 Å². The average molecular weight is 247 g/mol. The Kier molecular flexibility index (Phi) is 2.59. The number of aromatic nitrogens is 1. The number of para-hydroxylation sites is 1. The molecule has 18 heavy (non-hydrogen) atoms. The number of hydrogen-bond donors (Lipinski definition) is 0. The molecule has 0 saturated heterocycles. The molecule has 2 aromatic rings. The van der Waals surface area contributed by atoms with Gasteiger partial charge >= 0.3 is 0 Å². The van der Waals surface area contributed by atoms with Crippen LogP contribution >= 0.6 is 0 Å². The molecule has 3 rings (SSSR count). The van der Waals surface area contributed by atoms with Crippen LogP contribution < -0.4 is 5.01 Å². The number of nitrogens with zero attached hydrogens (tertiary/aromatic N) is 3. The predicted octanol–water partition coefficient (Wildman–Crippen LogP) is 3.07. The van der Waals surface area contributed by atoms with Crippen molar-refractivity contribution < 1.29 is 8.78 Å². The normalized spacial score (nSPS) is 14.9. The van der Waals surface area contributed by atoms with Crippen LogP contribution in [0.3, 0.4) is 0 Å². The summed E-state index contributed by atoms with van der Waals surface area (Å²) in [7, 11) is 0. The van der Waals surface area contributed by atoms with Crippen LogP contribution in [-0.4, -0.2) is 17.6 Å². The number of aliphatic imine (C=N–C) groups is 1. The van der Waals surface area contributed by atoms with E-state index in [1.165, 1.54) is 10.7 Å². The SMILES string of the molecule is FC(F)c1cc2ccccc2n1N1C=CC=NC1. The van der Waals surface area contributed by atoms with Gasteiger partial charge < -0.3 is 0 Å². The molecule has 1 aliphatic heterocycles. The first-order chi connectivity index (χ1) is 8.77. The van der Waals surface area contributed by atoms with E-state index in [4.69, 9.17) is 0 Å². The average Bonchev–Trinajstić information content (AvgIpc) is 2.79. The lowest BCUT2D eigenvalue weighted by Crippen LogP contribution is -2.32. The zero-order valence-electron chi connectivity index (χ0n) is 9.50. The lowest BCUT2D eigenvalue weighted by Gasteiger charge is -2.24. The van der Waals surface area contributed by atoms with Gasteiger partial charge in [-0.15, -0.1) is 0 Å². The maximum Gasteiger partial charge on any atom is 0.280 e. The molecule has 0 spiro atoms. The van der Waals surface area contributed by atoms with Gasteiger partial charge in [-0.2, -0.15) is 0 Å². The first-order valence-electron chi connectivity index (χ1n) is 5.59. The smallest absolute Gasteiger partial charge is 0.270 e. The van der Waals surface area contributed by atoms with Crippen molar-refractivity contribution in [1.82, 2.24) is 4.68 Å². The van der Waals surface area contributed by atoms with Crippen molar-refractivity contribution in [1.29, 1.82) is 0 Å². The highest BCUT2D eigenvalue weighted by Crippen LogP contribution is 2.28. The third-order valence-electron chi connectivity index (χ3n) is 2.87. The van der Waals surface area contributed by atoms with Gasteiger partial charge in [-0.1, -0.05) is 18.2 Å². The molecule has 0 radical (unpaired) electrons. The van der Waals surface area contributed by atoms with E-state index in [9.17, 15) is 8.78 Å². The Hall–Kier alpha value is -2.17. The Morgan fingerprint density at radius 3 is 2.78 bits per heavy atom.